The van der Waals surface area contributed by atoms with Gasteiger partial charge in [-0.3, -0.25) is 14.4 Å². The molecule has 1 unspecified atom stereocenters. The molecule has 3 rings (SSSR count). The Morgan fingerprint density at radius 3 is 2.63 bits per heavy atom. The highest BCUT2D eigenvalue weighted by Crippen LogP contribution is 2.30. The van der Waals surface area contributed by atoms with E-state index >= 15 is 0 Å². The number of benzene rings is 1. The molecule has 1 aliphatic rings. The van der Waals surface area contributed by atoms with Crippen molar-refractivity contribution in [1.29, 1.82) is 0 Å². The molecular formula is C24H29NO4S. The number of carbonyl (C=O) groups excluding carboxylic acids is 3. The predicted molar refractivity (Wildman–Crippen MR) is 117 cm³/mol. The van der Waals surface area contributed by atoms with Crippen LogP contribution in [0.4, 0.5) is 0 Å². The maximum Gasteiger partial charge on any atom is 0.314 e. The zero-order valence-electron chi connectivity index (χ0n) is 17.9. The summed E-state index contributed by atoms with van der Waals surface area (Å²) in [5, 5.41) is 2.49. The zero-order chi connectivity index (χ0) is 21.7. The molecule has 0 aliphatic heterocycles. The van der Waals surface area contributed by atoms with Gasteiger partial charge in [0.25, 0.3) is 0 Å². The number of thiazole rings is 1. The van der Waals surface area contributed by atoms with Crippen molar-refractivity contribution in [2.24, 2.45) is 5.92 Å². The van der Waals surface area contributed by atoms with E-state index < -0.39 is 5.92 Å². The number of rotatable bonds is 9. The van der Waals surface area contributed by atoms with Crippen LogP contribution in [0.1, 0.15) is 77.6 Å². The first kappa shape index (κ1) is 22.3. The van der Waals surface area contributed by atoms with Crippen LogP contribution < -0.4 is 0 Å². The fraction of sp³-hybridized carbons (Fsp3) is 0.500. The molecule has 2 aromatic rings. The highest BCUT2D eigenvalue weighted by molar-refractivity contribution is 7.09. The second kappa shape index (κ2) is 10.1. The molecule has 1 atom stereocenters. The summed E-state index contributed by atoms with van der Waals surface area (Å²) in [4.78, 5) is 42.1. The van der Waals surface area contributed by atoms with Crippen molar-refractivity contribution in [1.82, 2.24) is 4.98 Å². The topological polar surface area (TPSA) is 73.3 Å². The molecule has 1 heterocycles. The number of Topliss-reactive ketones (excluding diaryl/α,β-unsaturated/α-hetero) is 2. The van der Waals surface area contributed by atoms with Crippen LogP contribution in [0, 0.1) is 12.8 Å². The predicted octanol–water partition coefficient (Wildman–Crippen LogP) is 4.85. The van der Waals surface area contributed by atoms with Gasteiger partial charge in [0.05, 0.1) is 24.6 Å². The van der Waals surface area contributed by atoms with E-state index in [2.05, 4.69) is 4.98 Å². The van der Waals surface area contributed by atoms with Crippen molar-refractivity contribution in [3.05, 3.63) is 51.0 Å². The molecule has 0 N–H and O–H groups in total. The summed E-state index contributed by atoms with van der Waals surface area (Å²) in [6, 6.07) is 5.79. The number of carbonyl (C=O) groups is 3. The van der Waals surface area contributed by atoms with Crippen molar-refractivity contribution >= 4 is 28.9 Å². The largest absolute Gasteiger partial charge is 0.465 e. The Bertz CT molecular complexity index is 927. The molecule has 0 spiro atoms. The summed E-state index contributed by atoms with van der Waals surface area (Å²) in [5.74, 6) is -0.470. The van der Waals surface area contributed by atoms with Gasteiger partial charge in [-0.05, 0) is 45.2 Å². The van der Waals surface area contributed by atoms with Crippen LogP contribution in [0.2, 0.25) is 0 Å². The number of nitrogens with zero attached hydrogens (tertiary/aromatic N) is 1. The van der Waals surface area contributed by atoms with Gasteiger partial charge < -0.3 is 4.74 Å². The van der Waals surface area contributed by atoms with E-state index in [9.17, 15) is 14.4 Å². The Kier molecular flexibility index (Phi) is 7.53. The van der Waals surface area contributed by atoms with Crippen molar-refractivity contribution in [3.63, 3.8) is 0 Å². The first-order valence-electron chi connectivity index (χ1n) is 10.7. The van der Waals surface area contributed by atoms with Crippen LogP contribution in [0.5, 0.6) is 0 Å². The summed E-state index contributed by atoms with van der Waals surface area (Å²) < 4.78 is 5.04. The number of hydrogen-bond acceptors (Lipinski definition) is 6. The van der Waals surface area contributed by atoms with Gasteiger partial charge in [-0.1, -0.05) is 30.5 Å². The number of aromatic nitrogens is 1. The zero-order valence-corrected chi connectivity index (χ0v) is 18.7. The SMILES string of the molecule is CCOC(=O)C(C)c1csc(CC(=O)Cc2ccc(C)cc2C(=O)C2CCCC2)n1. The number of aryl methyl sites for hydroxylation is 1. The van der Waals surface area contributed by atoms with Crippen LogP contribution in [-0.2, 0) is 27.2 Å². The summed E-state index contributed by atoms with van der Waals surface area (Å²) in [6.07, 6.45) is 4.52. The third kappa shape index (κ3) is 5.42. The second-order valence-electron chi connectivity index (χ2n) is 8.04. The lowest BCUT2D eigenvalue weighted by Gasteiger charge is -2.13. The molecule has 1 fully saturated rings. The van der Waals surface area contributed by atoms with Gasteiger partial charge in [-0.2, -0.15) is 0 Å². The minimum Gasteiger partial charge on any atom is -0.465 e. The third-order valence-electron chi connectivity index (χ3n) is 5.65. The smallest absolute Gasteiger partial charge is 0.314 e. The van der Waals surface area contributed by atoms with E-state index in [1.165, 1.54) is 11.3 Å². The highest BCUT2D eigenvalue weighted by Gasteiger charge is 2.26. The van der Waals surface area contributed by atoms with Crippen LogP contribution >= 0.6 is 11.3 Å². The van der Waals surface area contributed by atoms with Crippen LogP contribution in [0.15, 0.2) is 23.6 Å². The van der Waals surface area contributed by atoms with Crippen LogP contribution in [0.3, 0.4) is 0 Å². The molecule has 1 aromatic carbocycles. The van der Waals surface area contributed by atoms with Gasteiger partial charge in [0.2, 0.25) is 0 Å². The highest BCUT2D eigenvalue weighted by atomic mass is 32.1. The third-order valence-corrected chi connectivity index (χ3v) is 6.51. The van der Waals surface area contributed by atoms with E-state index in [0.717, 1.165) is 36.8 Å². The van der Waals surface area contributed by atoms with E-state index in [4.69, 9.17) is 4.74 Å². The van der Waals surface area contributed by atoms with Gasteiger partial charge in [0.1, 0.15) is 10.8 Å². The summed E-state index contributed by atoms with van der Waals surface area (Å²) in [7, 11) is 0. The normalized spacial score (nSPS) is 15.2. The maximum absolute atomic E-state index is 13.0. The number of hydrogen-bond donors (Lipinski definition) is 0. The van der Waals surface area contributed by atoms with Crippen molar-refractivity contribution < 1.29 is 19.1 Å². The van der Waals surface area contributed by atoms with Crippen molar-refractivity contribution in [3.8, 4) is 0 Å². The van der Waals surface area contributed by atoms with Crippen molar-refractivity contribution in [2.75, 3.05) is 6.61 Å². The molecule has 1 aliphatic carbocycles. The summed E-state index contributed by atoms with van der Waals surface area (Å²) in [6.45, 7) is 5.83. The van der Waals surface area contributed by atoms with E-state index in [1.54, 1.807) is 13.8 Å². The van der Waals surface area contributed by atoms with Crippen LogP contribution in [-0.4, -0.2) is 29.1 Å². The number of ether oxygens (including phenoxy) is 1. The molecule has 0 radical (unpaired) electrons. The molecule has 30 heavy (non-hydrogen) atoms. The Labute approximate surface area is 181 Å². The standard InChI is InChI=1S/C24H29NO4S/c1-4-29-24(28)16(3)21-14-30-22(25-21)13-19(26)12-18-10-9-15(2)11-20(18)23(27)17-7-5-6-8-17/h9-11,14,16-17H,4-8,12-13H2,1-3H3. The maximum atomic E-state index is 13.0. The van der Waals surface area contributed by atoms with Gasteiger partial charge in [0, 0.05) is 23.3 Å². The molecule has 0 saturated heterocycles. The van der Waals surface area contributed by atoms with Gasteiger partial charge in [-0.25, -0.2) is 4.98 Å². The lowest BCUT2D eigenvalue weighted by Crippen LogP contribution is -2.16. The van der Waals surface area contributed by atoms with E-state index in [-0.39, 0.29) is 36.3 Å². The van der Waals surface area contributed by atoms with Gasteiger partial charge in [-0.15, -0.1) is 11.3 Å². The van der Waals surface area contributed by atoms with E-state index in [1.807, 2.05) is 30.5 Å². The van der Waals surface area contributed by atoms with E-state index in [0.29, 0.717) is 22.9 Å². The molecular weight excluding hydrogens is 398 g/mol. The quantitative estimate of drug-likeness (QED) is 0.423. The van der Waals surface area contributed by atoms with Crippen LogP contribution in [0.25, 0.3) is 0 Å². The van der Waals surface area contributed by atoms with Gasteiger partial charge >= 0.3 is 5.97 Å². The molecule has 5 nitrogen and oxygen atoms in total. The second-order valence-corrected chi connectivity index (χ2v) is 8.98. The Morgan fingerprint density at radius 2 is 1.93 bits per heavy atom. The Balaban J connectivity index is 1.68. The molecule has 1 saturated carbocycles. The lowest BCUT2D eigenvalue weighted by molar-refractivity contribution is -0.144. The first-order valence-corrected chi connectivity index (χ1v) is 11.5. The van der Waals surface area contributed by atoms with Gasteiger partial charge in [0.15, 0.2) is 5.78 Å². The average molecular weight is 428 g/mol. The summed E-state index contributed by atoms with van der Waals surface area (Å²) >= 11 is 1.38. The fourth-order valence-corrected chi connectivity index (χ4v) is 4.83. The molecule has 0 amide bonds. The fourth-order valence-electron chi connectivity index (χ4n) is 3.92. The van der Waals surface area contributed by atoms with Crippen molar-refractivity contribution in [2.45, 2.75) is 65.2 Å². The first-order chi connectivity index (χ1) is 14.4. The molecule has 0 bridgehead atoms. The number of esters is 1. The molecule has 160 valence electrons. The average Bonchev–Trinajstić information content (AvgIpc) is 3.40. The lowest BCUT2D eigenvalue weighted by atomic mass is 9.90. The monoisotopic (exact) mass is 427 g/mol. The number of ketones is 2. The Morgan fingerprint density at radius 1 is 1.20 bits per heavy atom. The molecule has 6 heteroatoms. The molecule has 1 aromatic heterocycles. The minimum atomic E-state index is -0.446. The summed E-state index contributed by atoms with van der Waals surface area (Å²) in [5.41, 5.74) is 3.17. The Hall–Kier alpha value is -2.34. The minimum absolute atomic E-state index is 0.0176.